The predicted octanol–water partition coefficient (Wildman–Crippen LogP) is 2.36. The molecular formula is C11H15ClN2OS. The Morgan fingerprint density at radius 2 is 2.00 bits per heavy atom. The van der Waals surface area contributed by atoms with Gasteiger partial charge < -0.3 is 9.80 Å². The Labute approximate surface area is 105 Å². The van der Waals surface area contributed by atoms with Crippen LogP contribution in [0, 0.1) is 0 Å². The van der Waals surface area contributed by atoms with Gasteiger partial charge in [-0.2, -0.15) is 0 Å². The number of likely N-dealkylation sites (N-methyl/N-ethyl adjacent to an activating group) is 1. The molecule has 1 aliphatic heterocycles. The third-order valence-electron chi connectivity index (χ3n) is 2.85. The van der Waals surface area contributed by atoms with E-state index in [1.54, 1.807) is 13.0 Å². The topological polar surface area (TPSA) is 23.6 Å². The Morgan fingerprint density at radius 1 is 1.38 bits per heavy atom. The van der Waals surface area contributed by atoms with Gasteiger partial charge in [-0.25, -0.2) is 0 Å². The molecule has 5 heteroatoms. The molecule has 0 spiro atoms. The first-order valence-corrected chi connectivity index (χ1v) is 6.51. The number of Topliss-reactive ketones (excluding diaryl/α,β-unsaturated/α-hetero) is 1. The van der Waals surface area contributed by atoms with Gasteiger partial charge in [0.05, 0.1) is 9.90 Å². The molecule has 0 amide bonds. The molecule has 1 aromatic rings. The number of anilines is 1. The lowest BCUT2D eigenvalue weighted by molar-refractivity contribution is 0.101. The van der Waals surface area contributed by atoms with E-state index in [1.165, 1.54) is 11.3 Å². The number of thiophene rings is 1. The first kappa shape index (κ1) is 11.9. The van der Waals surface area contributed by atoms with Crippen molar-refractivity contribution < 1.29 is 4.79 Å². The number of halogens is 1. The lowest BCUT2D eigenvalue weighted by Gasteiger charge is -2.33. The zero-order valence-electron chi connectivity index (χ0n) is 9.49. The van der Waals surface area contributed by atoms with E-state index in [-0.39, 0.29) is 5.78 Å². The quantitative estimate of drug-likeness (QED) is 0.761. The van der Waals surface area contributed by atoms with Crippen LogP contribution in [0.1, 0.15) is 17.3 Å². The molecule has 1 saturated heterocycles. The number of nitrogens with zero attached hydrogens (tertiary/aromatic N) is 2. The molecule has 0 N–H and O–H groups in total. The molecule has 88 valence electrons. The SMILES string of the molecule is CC(=O)c1cc(Cl)sc1N1CCN(C)CC1. The highest BCUT2D eigenvalue weighted by Crippen LogP contribution is 2.35. The molecule has 2 rings (SSSR count). The van der Waals surface area contributed by atoms with Crippen LogP contribution in [0.4, 0.5) is 5.00 Å². The van der Waals surface area contributed by atoms with Crippen LogP contribution in [0.15, 0.2) is 6.07 Å². The highest BCUT2D eigenvalue weighted by molar-refractivity contribution is 7.20. The second-order valence-corrected chi connectivity index (χ2v) is 5.78. The van der Waals surface area contributed by atoms with Gasteiger partial charge in [0.1, 0.15) is 5.00 Å². The third-order valence-corrected chi connectivity index (χ3v) is 4.18. The van der Waals surface area contributed by atoms with Gasteiger partial charge in [0.2, 0.25) is 0 Å². The molecule has 1 aromatic heterocycles. The highest BCUT2D eigenvalue weighted by Gasteiger charge is 2.21. The largest absolute Gasteiger partial charge is 0.360 e. The summed E-state index contributed by atoms with van der Waals surface area (Å²) in [6, 6.07) is 1.78. The van der Waals surface area contributed by atoms with Gasteiger partial charge in [0.15, 0.2) is 5.78 Å². The van der Waals surface area contributed by atoms with E-state index >= 15 is 0 Å². The highest BCUT2D eigenvalue weighted by atomic mass is 35.5. The van der Waals surface area contributed by atoms with Crippen LogP contribution in [-0.4, -0.2) is 43.9 Å². The zero-order chi connectivity index (χ0) is 11.7. The van der Waals surface area contributed by atoms with Crippen molar-refractivity contribution in [3.8, 4) is 0 Å². The molecule has 0 aromatic carbocycles. The summed E-state index contributed by atoms with van der Waals surface area (Å²) >= 11 is 7.49. The Bertz CT molecular complexity index is 397. The Balaban J connectivity index is 2.22. The average Bonchev–Trinajstić information content (AvgIpc) is 2.61. The van der Waals surface area contributed by atoms with Gasteiger partial charge in [0, 0.05) is 26.2 Å². The van der Waals surface area contributed by atoms with E-state index in [1.807, 2.05) is 0 Å². The number of rotatable bonds is 2. The molecule has 0 atom stereocenters. The second kappa shape index (κ2) is 4.73. The lowest BCUT2D eigenvalue weighted by atomic mass is 10.2. The van der Waals surface area contributed by atoms with Crippen molar-refractivity contribution >= 4 is 33.7 Å². The van der Waals surface area contributed by atoms with Crippen molar-refractivity contribution in [2.45, 2.75) is 6.92 Å². The van der Waals surface area contributed by atoms with E-state index in [2.05, 4.69) is 16.8 Å². The summed E-state index contributed by atoms with van der Waals surface area (Å²) in [5.41, 5.74) is 0.763. The minimum atomic E-state index is 0.0945. The van der Waals surface area contributed by atoms with Crippen LogP contribution in [-0.2, 0) is 0 Å². The predicted molar refractivity (Wildman–Crippen MR) is 69.0 cm³/mol. The van der Waals surface area contributed by atoms with E-state index in [9.17, 15) is 4.79 Å². The molecule has 1 fully saturated rings. The van der Waals surface area contributed by atoms with Crippen LogP contribution in [0.3, 0.4) is 0 Å². The molecule has 16 heavy (non-hydrogen) atoms. The van der Waals surface area contributed by atoms with Gasteiger partial charge in [-0.05, 0) is 20.0 Å². The van der Waals surface area contributed by atoms with Crippen LogP contribution in [0.5, 0.6) is 0 Å². The van der Waals surface area contributed by atoms with Gasteiger partial charge in [-0.3, -0.25) is 4.79 Å². The zero-order valence-corrected chi connectivity index (χ0v) is 11.1. The molecule has 0 unspecified atom stereocenters. The molecule has 0 bridgehead atoms. The van der Waals surface area contributed by atoms with Crippen LogP contribution >= 0.6 is 22.9 Å². The fraction of sp³-hybridized carbons (Fsp3) is 0.545. The third kappa shape index (κ3) is 2.39. The van der Waals surface area contributed by atoms with E-state index in [4.69, 9.17) is 11.6 Å². The number of carbonyl (C=O) groups is 1. The van der Waals surface area contributed by atoms with Crippen molar-refractivity contribution in [2.24, 2.45) is 0 Å². The van der Waals surface area contributed by atoms with Crippen LogP contribution < -0.4 is 4.90 Å². The maximum absolute atomic E-state index is 11.5. The normalized spacial score (nSPS) is 17.8. The average molecular weight is 259 g/mol. The van der Waals surface area contributed by atoms with Gasteiger partial charge in [-0.15, -0.1) is 11.3 Å². The molecule has 3 nitrogen and oxygen atoms in total. The maximum Gasteiger partial charge on any atom is 0.162 e. The van der Waals surface area contributed by atoms with Crippen LogP contribution in [0.2, 0.25) is 4.34 Å². The van der Waals surface area contributed by atoms with E-state index < -0.39 is 0 Å². The molecule has 2 heterocycles. The number of carbonyl (C=O) groups excluding carboxylic acids is 1. The molecular weight excluding hydrogens is 244 g/mol. The minimum absolute atomic E-state index is 0.0945. The van der Waals surface area contributed by atoms with Gasteiger partial charge in [-0.1, -0.05) is 11.6 Å². The van der Waals surface area contributed by atoms with Crippen LogP contribution in [0.25, 0.3) is 0 Å². The first-order valence-electron chi connectivity index (χ1n) is 5.31. The summed E-state index contributed by atoms with van der Waals surface area (Å²) in [6.45, 7) is 5.60. The first-order chi connectivity index (χ1) is 7.58. The lowest BCUT2D eigenvalue weighted by Crippen LogP contribution is -2.44. The summed E-state index contributed by atoms with van der Waals surface area (Å²) in [5.74, 6) is 0.0945. The molecule has 0 radical (unpaired) electrons. The minimum Gasteiger partial charge on any atom is -0.360 e. The van der Waals surface area contributed by atoms with Crippen molar-refractivity contribution in [1.29, 1.82) is 0 Å². The Kier molecular flexibility index (Phi) is 3.52. The summed E-state index contributed by atoms with van der Waals surface area (Å²) < 4.78 is 0.694. The summed E-state index contributed by atoms with van der Waals surface area (Å²) in [5, 5.41) is 1.03. The van der Waals surface area contributed by atoms with E-state index in [0.717, 1.165) is 36.7 Å². The summed E-state index contributed by atoms with van der Waals surface area (Å²) in [6.07, 6.45) is 0. The smallest absolute Gasteiger partial charge is 0.162 e. The van der Waals surface area contributed by atoms with Crippen molar-refractivity contribution in [1.82, 2.24) is 4.90 Å². The van der Waals surface area contributed by atoms with E-state index in [0.29, 0.717) is 4.34 Å². The molecule has 0 aliphatic carbocycles. The van der Waals surface area contributed by atoms with Crippen molar-refractivity contribution in [3.05, 3.63) is 16.0 Å². The maximum atomic E-state index is 11.5. The number of hydrogen-bond acceptors (Lipinski definition) is 4. The van der Waals surface area contributed by atoms with Crippen molar-refractivity contribution in [3.63, 3.8) is 0 Å². The monoisotopic (exact) mass is 258 g/mol. The fourth-order valence-electron chi connectivity index (χ4n) is 1.85. The number of ketones is 1. The standard InChI is InChI=1S/C11H15ClN2OS/c1-8(15)9-7-10(12)16-11(9)14-5-3-13(2)4-6-14/h7H,3-6H2,1-2H3. The Morgan fingerprint density at radius 3 is 2.56 bits per heavy atom. The summed E-state index contributed by atoms with van der Waals surface area (Å²) in [4.78, 5) is 16.0. The fourth-order valence-corrected chi connectivity index (χ4v) is 3.16. The second-order valence-electron chi connectivity index (χ2n) is 4.12. The van der Waals surface area contributed by atoms with Gasteiger partial charge >= 0.3 is 0 Å². The molecule has 1 aliphatic rings. The number of piperazine rings is 1. The van der Waals surface area contributed by atoms with Gasteiger partial charge in [0.25, 0.3) is 0 Å². The van der Waals surface area contributed by atoms with Crippen molar-refractivity contribution in [2.75, 3.05) is 38.1 Å². The Hall–Kier alpha value is -0.580. The summed E-state index contributed by atoms with van der Waals surface area (Å²) in [7, 11) is 2.12. The molecule has 0 saturated carbocycles. The number of hydrogen-bond donors (Lipinski definition) is 0.